The summed E-state index contributed by atoms with van der Waals surface area (Å²) < 4.78 is 0. The van der Waals surface area contributed by atoms with E-state index in [-0.39, 0.29) is 11.0 Å². The van der Waals surface area contributed by atoms with Crippen molar-refractivity contribution in [3.8, 4) is 6.07 Å². The van der Waals surface area contributed by atoms with Crippen LogP contribution in [0.1, 0.15) is 57.7 Å². The molecule has 0 unspecified atom stereocenters. The molecular weight excluding hydrogens is 324 g/mol. The fraction of sp³-hybridized carbons (Fsp3) is 0.571. The first kappa shape index (κ1) is 18.4. The topological polar surface area (TPSA) is 69.0 Å². The Morgan fingerprint density at radius 3 is 2.42 bits per heavy atom. The van der Waals surface area contributed by atoms with Crippen LogP contribution in [0.5, 0.6) is 0 Å². The highest BCUT2D eigenvalue weighted by atomic mass is 16.1. The number of aromatic nitrogens is 1. The number of hydrogen-bond acceptors (Lipinski definition) is 5. The standard InChI is InChI=1S/C21H28N4O/c1-20(2,3)18-11-16(17(23-4)13-24-18)19(15(12-22)14-26)25-9-7-21(5-6-21)8-10-25/h11,13-14,23H,5-10H2,1-4H3/b19-15+. The van der Waals surface area contributed by atoms with E-state index in [1.807, 2.05) is 19.3 Å². The van der Waals surface area contributed by atoms with Crippen molar-refractivity contribution < 1.29 is 4.79 Å². The number of hydrogen-bond donors (Lipinski definition) is 1. The van der Waals surface area contributed by atoms with Crippen molar-refractivity contribution in [3.05, 3.63) is 29.1 Å². The van der Waals surface area contributed by atoms with Crippen LogP contribution in [0, 0.1) is 16.7 Å². The lowest BCUT2D eigenvalue weighted by Gasteiger charge is -2.36. The quantitative estimate of drug-likeness (QED) is 0.508. The highest BCUT2D eigenvalue weighted by Gasteiger charge is 2.45. The Hall–Kier alpha value is -2.35. The second kappa shape index (κ2) is 6.75. The molecule has 1 aliphatic heterocycles. The van der Waals surface area contributed by atoms with E-state index in [0.29, 0.717) is 11.7 Å². The molecule has 1 saturated carbocycles. The number of allylic oxidation sites excluding steroid dienone is 1. The Morgan fingerprint density at radius 2 is 1.96 bits per heavy atom. The van der Waals surface area contributed by atoms with Gasteiger partial charge < -0.3 is 10.2 Å². The highest BCUT2D eigenvalue weighted by Crippen LogP contribution is 2.54. The molecule has 0 radical (unpaired) electrons. The minimum absolute atomic E-state index is 0.111. The van der Waals surface area contributed by atoms with Gasteiger partial charge in [0, 0.05) is 36.8 Å². The lowest BCUT2D eigenvalue weighted by molar-refractivity contribution is -0.104. The molecule has 1 N–H and O–H groups in total. The molecule has 0 bridgehead atoms. The molecule has 138 valence electrons. The van der Waals surface area contributed by atoms with Crippen LogP contribution in [0.4, 0.5) is 5.69 Å². The molecule has 5 nitrogen and oxygen atoms in total. The van der Waals surface area contributed by atoms with E-state index in [9.17, 15) is 10.1 Å². The van der Waals surface area contributed by atoms with Gasteiger partial charge in [-0.15, -0.1) is 0 Å². The maximum absolute atomic E-state index is 11.7. The van der Waals surface area contributed by atoms with Crippen molar-refractivity contribution in [1.82, 2.24) is 9.88 Å². The summed E-state index contributed by atoms with van der Waals surface area (Å²) in [5.74, 6) is 0. The monoisotopic (exact) mass is 352 g/mol. The van der Waals surface area contributed by atoms with Crippen LogP contribution < -0.4 is 5.32 Å². The number of rotatable bonds is 4. The van der Waals surface area contributed by atoms with E-state index in [2.05, 4.69) is 42.0 Å². The predicted octanol–water partition coefficient (Wildman–Crippen LogP) is 3.73. The number of nitriles is 1. The number of piperidine rings is 1. The summed E-state index contributed by atoms with van der Waals surface area (Å²) >= 11 is 0. The second-order valence-corrected chi connectivity index (χ2v) is 8.59. The van der Waals surface area contributed by atoms with E-state index in [1.54, 1.807) is 0 Å². The number of likely N-dealkylation sites (tertiary alicyclic amines) is 1. The first-order valence-corrected chi connectivity index (χ1v) is 9.37. The average Bonchev–Trinajstić information content (AvgIpc) is 3.38. The van der Waals surface area contributed by atoms with E-state index in [4.69, 9.17) is 0 Å². The van der Waals surface area contributed by atoms with Gasteiger partial charge in [0.15, 0.2) is 6.29 Å². The van der Waals surface area contributed by atoms with Gasteiger partial charge in [-0.3, -0.25) is 9.78 Å². The van der Waals surface area contributed by atoms with Crippen LogP contribution >= 0.6 is 0 Å². The maximum atomic E-state index is 11.7. The van der Waals surface area contributed by atoms with Crippen molar-refractivity contribution in [1.29, 1.82) is 5.26 Å². The van der Waals surface area contributed by atoms with E-state index >= 15 is 0 Å². The van der Waals surface area contributed by atoms with Gasteiger partial charge in [-0.1, -0.05) is 20.8 Å². The van der Waals surface area contributed by atoms with Crippen LogP contribution in [-0.4, -0.2) is 36.3 Å². The van der Waals surface area contributed by atoms with Crippen LogP contribution in [0.3, 0.4) is 0 Å². The van der Waals surface area contributed by atoms with Crippen molar-refractivity contribution in [3.63, 3.8) is 0 Å². The molecule has 0 amide bonds. The molecule has 0 atom stereocenters. The molecule has 2 fully saturated rings. The molecule has 1 aromatic heterocycles. The molecule has 5 heteroatoms. The zero-order chi connectivity index (χ0) is 18.9. The Labute approximate surface area is 156 Å². The molecule has 2 heterocycles. The van der Waals surface area contributed by atoms with Gasteiger partial charge in [0.1, 0.15) is 11.6 Å². The van der Waals surface area contributed by atoms with Gasteiger partial charge >= 0.3 is 0 Å². The van der Waals surface area contributed by atoms with Crippen molar-refractivity contribution >= 4 is 17.7 Å². The molecule has 1 spiro atoms. The number of anilines is 1. The fourth-order valence-electron chi connectivity index (χ4n) is 3.76. The first-order chi connectivity index (χ1) is 12.3. The summed E-state index contributed by atoms with van der Waals surface area (Å²) in [4.78, 5) is 18.5. The number of pyridine rings is 1. The maximum Gasteiger partial charge on any atom is 0.162 e. The summed E-state index contributed by atoms with van der Waals surface area (Å²) in [5, 5.41) is 12.8. The van der Waals surface area contributed by atoms with Gasteiger partial charge in [0.2, 0.25) is 0 Å². The Kier molecular flexibility index (Phi) is 4.79. The van der Waals surface area contributed by atoms with Gasteiger partial charge in [0.05, 0.1) is 17.6 Å². The molecule has 3 rings (SSSR count). The third kappa shape index (κ3) is 3.46. The number of carbonyl (C=O) groups excluding carboxylic acids is 1. The molecule has 0 aromatic carbocycles. The number of aldehydes is 1. The Balaban J connectivity index is 2.09. The van der Waals surface area contributed by atoms with E-state index < -0.39 is 0 Å². The molecule has 1 aromatic rings. The largest absolute Gasteiger partial charge is 0.386 e. The zero-order valence-electron chi connectivity index (χ0n) is 16.2. The fourth-order valence-corrected chi connectivity index (χ4v) is 3.76. The SMILES string of the molecule is CNc1cnc(C(C)(C)C)cc1/C(=C(/C#N)C=O)N1CCC2(CC1)CC2. The zero-order valence-corrected chi connectivity index (χ0v) is 16.2. The molecule has 1 saturated heterocycles. The minimum atomic E-state index is -0.111. The van der Waals surface area contributed by atoms with E-state index in [0.717, 1.165) is 48.6 Å². The molecule has 1 aliphatic carbocycles. The van der Waals surface area contributed by atoms with Crippen LogP contribution in [0.15, 0.2) is 17.8 Å². The van der Waals surface area contributed by atoms with Crippen molar-refractivity contribution in [2.75, 3.05) is 25.5 Å². The molecule has 26 heavy (non-hydrogen) atoms. The lowest BCUT2D eigenvalue weighted by Crippen LogP contribution is -2.34. The number of carbonyl (C=O) groups is 1. The second-order valence-electron chi connectivity index (χ2n) is 8.59. The highest BCUT2D eigenvalue weighted by molar-refractivity contribution is 5.94. The third-order valence-electron chi connectivity index (χ3n) is 5.79. The first-order valence-electron chi connectivity index (χ1n) is 9.37. The normalized spacial score (nSPS) is 19.6. The van der Waals surface area contributed by atoms with Crippen LogP contribution in [0.2, 0.25) is 0 Å². The summed E-state index contributed by atoms with van der Waals surface area (Å²) in [6.45, 7) is 8.13. The van der Waals surface area contributed by atoms with Gasteiger partial charge in [-0.2, -0.15) is 5.26 Å². The van der Waals surface area contributed by atoms with E-state index in [1.165, 1.54) is 12.8 Å². The van der Waals surface area contributed by atoms with Crippen molar-refractivity contribution in [2.45, 2.75) is 51.9 Å². The van der Waals surface area contributed by atoms with Crippen LogP contribution in [-0.2, 0) is 10.2 Å². The van der Waals surface area contributed by atoms with Gasteiger partial charge in [-0.05, 0) is 37.2 Å². The van der Waals surface area contributed by atoms with Gasteiger partial charge in [0.25, 0.3) is 0 Å². The Bertz CT molecular complexity index is 768. The third-order valence-corrected chi connectivity index (χ3v) is 5.79. The smallest absolute Gasteiger partial charge is 0.162 e. The Morgan fingerprint density at radius 1 is 1.31 bits per heavy atom. The molecule has 2 aliphatic rings. The summed E-state index contributed by atoms with van der Waals surface area (Å²) in [7, 11) is 1.84. The number of nitrogens with one attached hydrogen (secondary N) is 1. The predicted molar refractivity (Wildman–Crippen MR) is 104 cm³/mol. The lowest BCUT2D eigenvalue weighted by atomic mass is 9.88. The van der Waals surface area contributed by atoms with Crippen LogP contribution in [0.25, 0.3) is 5.70 Å². The minimum Gasteiger partial charge on any atom is -0.386 e. The van der Waals surface area contributed by atoms with Crippen molar-refractivity contribution in [2.24, 2.45) is 5.41 Å². The number of nitrogens with zero attached hydrogens (tertiary/aromatic N) is 3. The summed E-state index contributed by atoms with van der Waals surface area (Å²) in [6.07, 6.45) is 7.42. The summed E-state index contributed by atoms with van der Waals surface area (Å²) in [5.41, 5.74) is 4.05. The molecular formula is C21H28N4O. The average molecular weight is 352 g/mol. The van der Waals surface area contributed by atoms with Gasteiger partial charge in [-0.25, -0.2) is 0 Å². The summed E-state index contributed by atoms with van der Waals surface area (Å²) in [6, 6.07) is 4.15.